The minimum absolute atomic E-state index is 0.00238. The Balaban J connectivity index is 2.27. The summed E-state index contributed by atoms with van der Waals surface area (Å²) in [7, 11) is 0. The highest BCUT2D eigenvalue weighted by Gasteiger charge is 2.70. The predicted molar refractivity (Wildman–Crippen MR) is 90.0 cm³/mol. The van der Waals surface area contributed by atoms with Crippen LogP contribution < -0.4 is 4.90 Å². The van der Waals surface area contributed by atoms with Crippen molar-refractivity contribution in [3.05, 3.63) is 39.5 Å². The molecule has 1 unspecified atom stereocenters. The second-order valence-corrected chi connectivity index (χ2v) is 8.02. The van der Waals surface area contributed by atoms with Crippen LogP contribution in [0.15, 0.2) is 29.5 Å². The second kappa shape index (κ2) is 5.71. The van der Waals surface area contributed by atoms with Crippen LogP contribution in [0.2, 0.25) is 10.0 Å². The number of allylic oxidation sites excluding steroid dienone is 1. The van der Waals surface area contributed by atoms with Crippen LogP contribution in [-0.4, -0.2) is 28.6 Å². The fourth-order valence-corrected chi connectivity index (χ4v) is 3.73. The molecule has 0 radical (unpaired) electrons. The molecule has 26 heavy (non-hydrogen) atoms. The highest BCUT2D eigenvalue weighted by atomic mass is 35.5. The molecule has 1 N–H and O–H groups in total. The quantitative estimate of drug-likeness (QED) is 0.755. The van der Waals surface area contributed by atoms with Crippen LogP contribution in [0.4, 0.5) is 18.9 Å². The molecule has 0 aromatic heterocycles. The summed E-state index contributed by atoms with van der Waals surface area (Å²) in [6.07, 6.45) is -5.53. The van der Waals surface area contributed by atoms with Gasteiger partial charge in [0.15, 0.2) is 5.78 Å². The maximum Gasteiger partial charge on any atom is 0.430 e. The number of benzene rings is 1. The summed E-state index contributed by atoms with van der Waals surface area (Å²) >= 11 is 11.8. The molecule has 9 heteroatoms. The highest BCUT2D eigenvalue weighted by Crippen LogP contribution is 2.52. The standard InChI is InChI=1S/C17H14Cl2F3NO3/c1-15(2)6-11-13(12(24)7-15)16(26,17(20,21)22)14(25)23(11)8-3-4-9(18)10(19)5-8/h3-5,26H,6-7H2,1-2H3. The van der Waals surface area contributed by atoms with Gasteiger partial charge >= 0.3 is 6.18 Å². The number of hydrogen-bond acceptors (Lipinski definition) is 3. The number of rotatable bonds is 1. The zero-order chi connectivity index (χ0) is 19.7. The third-order valence-corrected chi connectivity index (χ3v) is 5.31. The van der Waals surface area contributed by atoms with Crippen molar-refractivity contribution < 1.29 is 27.9 Å². The molecule has 1 amide bonds. The first kappa shape index (κ1) is 19.2. The molecule has 1 aromatic rings. The molecule has 1 aliphatic heterocycles. The lowest BCUT2D eigenvalue weighted by Crippen LogP contribution is -2.55. The van der Waals surface area contributed by atoms with Crippen molar-refractivity contribution in [3.63, 3.8) is 0 Å². The monoisotopic (exact) mass is 407 g/mol. The van der Waals surface area contributed by atoms with Crippen LogP contribution >= 0.6 is 23.2 Å². The number of carbonyl (C=O) groups excluding carboxylic acids is 2. The van der Waals surface area contributed by atoms with Gasteiger partial charge in [0.2, 0.25) is 0 Å². The van der Waals surface area contributed by atoms with Gasteiger partial charge in [-0.3, -0.25) is 14.5 Å². The lowest BCUT2D eigenvalue weighted by Gasteiger charge is -2.33. The largest absolute Gasteiger partial charge is 0.430 e. The van der Waals surface area contributed by atoms with Crippen molar-refractivity contribution in [2.24, 2.45) is 5.41 Å². The van der Waals surface area contributed by atoms with Crippen molar-refractivity contribution in [2.45, 2.75) is 38.5 Å². The number of nitrogens with zero attached hydrogens (tertiary/aromatic N) is 1. The minimum atomic E-state index is -5.34. The van der Waals surface area contributed by atoms with Crippen molar-refractivity contribution in [1.82, 2.24) is 0 Å². The van der Waals surface area contributed by atoms with E-state index in [4.69, 9.17) is 23.2 Å². The topological polar surface area (TPSA) is 57.6 Å². The molecule has 1 heterocycles. The van der Waals surface area contributed by atoms with E-state index in [-0.39, 0.29) is 34.3 Å². The van der Waals surface area contributed by atoms with Crippen LogP contribution in [0.1, 0.15) is 26.7 Å². The molecule has 4 nitrogen and oxygen atoms in total. The SMILES string of the molecule is CC1(C)CC(=O)C2=C(C1)N(c1ccc(Cl)c(Cl)c1)C(=O)C2(O)C(F)(F)F. The van der Waals surface area contributed by atoms with Gasteiger partial charge in [0.05, 0.1) is 21.3 Å². The Morgan fingerprint density at radius 3 is 2.27 bits per heavy atom. The first-order valence-electron chi connectivity index (χ1n) is 7.65. The lowest BCUT2D eigenvalue weighted by atomic mass is 9.73. The Hall–Kier alpha value is -1.57. The van der Waals surface area contributed by atoms with Gasteiger partial charge in [-0.2, -0.15) is 13.2 Å². The average molecular weight is 408 g/mol. The van der Waals surface area contributed by atoms with Crippen molar-refractivity contribution in [1.29, 1.82) is 0 Å². The van der Waals surface area contributed by atoms with Gasteiger partial charge in [-0.05, 0) is 30.0 Å². The van der Waals surface area contributed by atoms with Crippen LogP contribution in [-0.2, 0) is 9.59 Å². The van der Waals surface area contributed by atoms with Gasteiger partial charge in [-0.25, -0.2) is 0 Å². The van der Waals surface area contributed by atoms with Gasteiger partial charge in [0.1, 0.15) is 0 Å². The number of anilines is 1. The van der Waals surface area contributed by atoms with Crippen LogP contribution in [0.25, 0.3) is 0 Å². The van der Waals surface area contributed by atoms with E-state index in [2.05, 4.69) is 0 Å². The van der Waals surface area contributed by atoms with Gasteiger partial charge < -0.3 is 5.11 Å². The van der Waals surface area contributed by atoms with Crippen LogP contribution in [0.5, 0.6) is 0 Å². The zero-order valence-electron chi connectivity index (χ0n) is 13.7. The van der Waals surface area contributed by atoms with E-state index < -0.39 is 34.5 Å². The predicted octanol–water partition coefficient (Wildman–Crippen LogP) is 4.28. The molecule has 0 bridgehead atoms. The smallest absolute Gasteiger partial charge is 0.368 e. The maximum atomic E-state index is 13.6. The Morgan fingerprint density at radius 2 is 1.73 bits per heavy atom. The van der Waals surface area contributed by atoms with Crippen molar-refractivity contribution in [2.75, 3.05) is 4.90 Å². The molecule has 2 aliphatic rings. The van der Waals surface area contributed by atoms with E-state index >= 15 is 0 Å². The van der Waals surface area contributed by atoms with Gasteiger partial charge in [0.25, 0.3) is 11.5 Å². The number of alkyl halides is 3. The Bertz CT molecular complexity index is 863. The fourth-order valence-electron chi connectivity index (χ4n) is 3.44. The maximum absolute atomic E-state index is 13.6. The summed E-state index contributed by atoms with van der Waals surface area (Å²) in [5.41, 5.74) is -5.60. The number of aliphatic hydroxyl groups is 1. The summed E-state index contributed by atoms with van der Waals surface area (Å²) in [6.45, 7) is 3.41. The molecule has 3 rings (SSSR count). The fraction of sp³-hybridized carbons (Fsp3) is 0.412. The van der Waals surface area contributed by atoms with Crippen molar-refractivity contribution >= 4 is 40.6 Å². The molecular weight excluding hydrogens is 394 g/mol. The summed E-state index contributed by atoms with van der Waals surface area (Å²) in [4.78, 5) is 25.9. The number of hydrogen-bond donors (Lipinski definition) is 1. The van der Waals surface area contributed by atoms with Gasteiger partial charge in [0, 0.05) is 12.1 Å². The number of amides is 1. The molecule has 1 aliphatic carbocycles. The molecule has 140 valence electrons. The summed E-state index contributed by atoms with van der Waals surface area (Å²) in [6, 6.07) is 3.86. The zero-order valence-corrected chi connectivity index (χ0v) is 15.3. The highest BCUT2D eigenvalue weighted by molar-refractivity contribution is 6.42. The summed E-state index contributed by atoms with van der Waals surface area (Å²) in [5.74, 6) is -2.54. The lowest BCUT2D eigenvalue weighted by molar-refractivity contribution is -0.235. The van der Waals surface area contributed by atoms with E-state index in [1.165, 1.54) is 18.2 Å². The minimum Gasteiger partial charge on any atom is -0.368 e. The normalized spacial score (nSPS) is 25.8. The molecule has 0 spiro atoms. The van der Waals surface area contributed by atoms with E-state index in [0.29, 0.717) is 0 Å². The number of ketones is 1. The van der Waals surface area contributed by atoms with Crippen molar-refractivity contribution in [3.8, 4) is 0 Å². The summed E-state index contributed by atoms with van der Waals surface area (Å²) in [5, 5.41) is 10.5. The Morgan fingerprint density at radius 1 is 1.12 bits per heavy atom. The van der Waals surface area contributed by atoms with Gasteiger partial charge in [-0.1, -0.05) is 37.0 Å². The van der Waals surface area contributed by atoms with Crippen LogP contribution in [0.3, 0.4) is 0 Å². The number of Topliss-reactive ketones (excluding diaryl/α,β-unsaturated/α-hetero) is 1. The molecular formula is C17H14Cl2F3NO3. The Labute approximate surface area is 157 Å². The van der Waals surface area contributed by atoms with E-state index in [1.54, 1.807) is 13.8 Å². The molecule has 1 atom stereocenters. The van der Waals surface area contributed by atoms with E-state index in [1.807, 2.05) is 0 Å². The van der Waals surface area contributed by atoms with Gasteiger partial charge in [-0.15, -0.1) is 0 Å². The Kier molecular flexibility index (Phi) is 4.22. The molecule has 1 aromatic carbocycles. The molecule has 0 saturated heterocycles. The second-order valence-electron chi connectivity index (χ2n) is 7.21. The van der Waals surface area contributed by atoms with E-state index in [0.717, 1.165) is 4.90 Å². The van der Waals surface area contributed by atoms with E-state index in [9.17, 15) is 27.9 Å². The first-order chi connectivity index (χ1) is 11.8. The van der Waals surface area contributed by atoms with Crippen LogP contribution in [0, 0.1) is 5.41 Å². The average Bonchev–Trinajstić information content (AvgIpc) is 2.70. The number of halogens is 5. The first-order valence-corrected chi connectivity index (χ1v) is 8.41. The third kappa shape index (κ3) is 2.64. The number of carbonyl (C=O) groups is 2. The third-order valence-electron chi connectivity index (χ3n) is 4.57. The summed E-state index contributed by atoms with van der Waals surface area (Å²) < 4.78 is 40.9. The molecule has 0 fully saturated rings. The molecule has 0 saturated carbocycles.